The van der Waals surface area contributed by atoms with Crippen molar-refractivity contribution < 1.29 is 4.79 Å². The molecule has 2 rings (SSSR count). The molecule has 0 radical (unpaired) electrons. The molecule has 25 heavy (non-hydrogen) atoms. The smallest absolute Gasteiger partial charge is 0.251 e. The van der Waals surface area contributed by atoms with Crippen LogP contribution in [0.2, 0.25) is 5.02 Å². The minimum absolute atomic E-state index is 0.0958. The molecule has 0 saturated heterocycles. The van der Waals surface area contributed by atoms with Crippen LogP contribution in [0.15, 0.2) is 36.4 Å². The summed E-state index contributed by atoms with van der Waals surface area (Å²) in [5.41, 5.74) is 4.70. The van der Waals surface area contributed by atoms with Crippen LogP contribution in [-0.2, 0) is 6.54 Å². The largest absolute Gasteiger partial charge is 0.355 e. The van der Waals surface area contributed by atoms with Crippen LogP contribution < -0.4 is 10.6 Å². The summed E-state index contributed by atoms with van der Waals surface area (Å²) >= 11 is 11.8. The minimum Gasteiger partial charge on any atom is -0.355 e. The van der Waals surface area contributed by atoms with E-state index in [9.17, 15) is 4.79 Å². The van der Waals surface area contributed by atoms with Crippen LogP contribution >= 0.6 is 23.8 Å². The van der Waals surface area contributed by atoms with Crippen LogP contribution in [0.1, 0.15) is 27.0 Å². The van der Waals surface area contributed by atoms with E-state index < -0.39 is 0 Å². The zero-order valence-electron chi connectivity index (χ0n) is 14.8. The van der Waals surface area contributed by atoms with Gasteiger partial charge in [0, 0.05) is 26.2 Å². The summed E-state index contributed by atoms with van der Waals surface area (Å²) in [6.45, 7) is 4.64. The summed E-state index contributed by atoms with van der Waals surface area (Å²) in [4.78, 5) is 13.5. The van der Waals surface area contributed by atoms with Gasteiger partial charge in [-0.15, -0.1) is 0 Å². The molecule has 2 aromatic carbocycles. The number of hydrogen-bond acceptors (Lipinski definition) is 2. The van der Waals surface area contributed by atoms with Gasteiger partial charge < -0.3 is 15.5 Å². The molecule has 0 aliphatic heterocycles. The van der Waals surface area contributed by atoms with Crippen LogP contribution in [0, 0.1) is 13.8 Å². The third kappa shape index (κ3) is 4.94. The molecule has 0 bridgehead atoms. The van der Waals surface area contributed by atoms with Gasteiger partial charge in [0.2, 0.25) is 0 Å². The lowest BCUT2D eigenvalue weighted by Crippen LogP contribution is -2.31. The summed E-state index contributed by atoms with van der Waals surface area (Å²) in [5.74, 6) is -0.0958. The van der Waals surface area contributed by atoms with Crippen LogP contribution in [0.4, 0.5) is 5.69 Å². The van der Waals surface area contributed by atoms with Gasteiger partial charge in [0.25, 0.3) is 5.91 Å². The number of nitrogens with one attached hydrogen (secondary N) is 2. The van der Waals surface area contributed by atoms with Crippen molar-refractivity contribution >= 4 is 40.5 Å². The van der Waals surface area contributed by atoms with Crippen molar-refractivity contribution in [2.24, 2.45) is 0 Å². The molecule has 0 saturated carbocycles. The Morgan fingerprint density at radius 3 is 2.40 bits per heavy atom. The van der Waals surface area contributed by atoms with E-state index in [1.807, 2.05) is 44.0 Å². The van der Waals surface area contributed by atoms with Gasteiger partial charge in [-0.05, 0) is 61.0 Å². The van der Waals surface area contributed by atoms with Gasteiger partial charge in [0.1, 0.15) is 0 Å². The molecule has 0 unspecified atom stereocenters. The zero-order chi connectivity index (χ0) is 18.6. The van der Waals surface area contributed by atoms with Crippen molar-refractivity contribution in [1.29, 1.82) is 0 Å². The standard InChI is InChI=1S/C19H22ClN3OS/c1-12-9-13(2)17(16(20)10-12)22-19(25)23(4)11-14-5-7-15(8-6-14)18(24)21-3/h5-10H,11H2,1-4H3,(H,21,24)(H,22,25). The molecule has 1 amide bonds. The van der Waals surface area contributed by atoms with E-state index in [4.69, 9.17) is 23.8 Å². The van der Waals surface area contributed by atoms with Gasteiger partial charge in [0.15, 0.2) is 5.11 Å². The fourth-order valence-corrected chi connectivity index (χ4v) is 3.06. The lowest BCUT2D eigenvalue weighted by molar-refractivity contribution is 0.0963. The predicted octanol–water partition coefficient (Wildman–Crippen LogP) is 4.15. The van der Waals surface area contributed by atoms with E-state index >= 15 is 0 Å². The Bertz CT molecular complexity index is 767. The first-order chi connectivity index (χ1) is 11.8. The van der Waals surface area contributed by atoms with E-state index in [0.717, 1.165) is 22.4 Å². The Hall–Kier alpha value is -2.11. The summed E-state index contributed by atoms with van der Waals surface area (Å²) in [7, 11) is 3.53. The minimum atomic E-state index is -0.0958. The maximum absolute atomic E-state index is 11.6. The molecule has 0 aliphatic carbocycles. The van der Waals surface area contributed by atoms with Crippen LogP contribution in [0.25, 0.3) is 0 Å². The fraction of sp³-hybridized carbons (Fsp3) is 0.263. The molecule has 0 aliphatic rings. The number of hydrogen-bond donors (Lipinski definition) is 2. The van der Waals surface area contributed by atoms with Gasteiger partial charge in [-0.3, -0.25) is 4.79 Å². The molecule has 0 heterocycles. The third-order valence-corrected chi connectivity index (χ3v) is 4.59. The fourth-order valence-electron chi connectivity index (χ4n) is 2.53. The van der Waals surface area contributed by atoms with Crippen LogP contribution in [0.3, 0.4) is 0 Å². The molecule has 4 nitrogen and oxygen atoms in total. The van der Waals surface area contributed by atoms with Crippen molar-refractivity contribution in [3.8, 4) is 0 Å². The van der Waals surface area contributed by atoms with Crippen LogP contribution in [0.5, 0.6) is 0 Å². The molecular formula is C19H22ClN3OS. The number of carbonyl (C=O) groups excluding carboxylic acids is 1. The van der Waals surface area contributed by atoms with E-state index in [2.05, 4.69) is 16.7 Å². The van der Waals surface area contributed by atoms with E-state index in [1.54, 1.807) is 19.2 Å². The second kappa shape index (κ2) is 8.32. The van der Waals surface area contributed by atoms with Crippen LogP contribution in [-0.4, -0.2) is 30.0 Å². The number of anilines is 1. The maximum Gasteiger partial charge on any atom is 0.251 e. The molecule has 0 spiro atoms. The Morgan fingerprint density at radius 2 is 1.84 bits per heavy atom. The van der Waals surface area contributed by atoms with Gasteiger partial charge >= 0.3 is 0 Å². The quantitative estimate of drug-likeness (QED) is 0.788. The van der Waals surface area contributed by atoms with Gasteiger partial charge in [-0.1, -0.05) is 29.8 Å². The highest BCUT2D eigenvalue weighted by Gasteiger charge is 2.11. The molecule has 132 valence electrons. The lowest BCUT2D eigenvalue weighted by Gasteiger charge is -2.22. The summed E-state index contributed by atoms with van der Waals surface area (Å²) < 4.78 is 0. The lowest BCUT2D eigenvalue weighted by atomic mass is 10.1. The number of rotatable bonds is 4. The Labute approximate surface area is 159 Å². The van der Waals surface area contributed by atoms with Gasteiger partial charge in [0.05, 0.1) is 10.7 Å². The summed E-state index contributed by atoms with van der Waals surface area (Å²) in [6.07, 6.45) is 0. The average molecular weight is 376 g/mol. The first kappa shape index (κ1) is 19.2. The predicted molar refractivity (Wildman–Crippen MR) is 108 cm³/mol. The first-order valence-corrected chi connectivity index (χ1v) is 8.70. The molecular weight excluding hydrogens is 354 g/mol. The highest BCUT2D eigenvalue weighted by atomic mass is 35.5. The third-order valence-electron chi connectivity index (χ3n) is 3.87. The van der Waals surface area contributed by atoms with E-state index in [-0.39, 0.29) is 5.91 Å². The molecule has 2 aromatic rings. The van der Waals surface area contributed by atoms with Crippen molar-refractivity contribution in [3.63, 3.8) is 0 Å². The Morgan fingerprint density at radius 1 is 1.20 bits per heavy atom. The SMILES string of the molecule is CNC(=O)c1ccc(CN(C)C(=S)Nc2c(C)cc(C)cc2Cl)cc1. The highest BCUT2D eigenvalue weighted by Crippen LogP contribution is 2.27. The number of benzene rings is 2. The molecule has 2 N–H and O–H groups in total. The number of amides is 1. The Balaban J connectivity index is 2.04. The van der Waals surface area contributed by atoms with Gasteiger partial charge in [-0.25, -0.2) is 0 Å². The molecule has 0 atom stereocenters. The molecule has 0 fully saturated rings. The highest BCUT2D eigenvalue weighted by molar-refractivity contribution is 7.80. The second-order valence-electron chi connectivity index (χ2n) is 6.00. The van der Waals surface area contributed by atoms with Crippen molar-refractivity contribution in [2.75, 3.05) is 19.4 Å². The van der Waals surface area contributed by atoms with Crippen molar-refractivity contribution in [1.82, 2.24) is 10.2 Å². The Kier molecular flexibility index (Phi) is 6.39. The van der Waals surface area contributed by atoms with E-state index in [1.165, 1.54) is 0 Å². The molecule has 0 aromatic heterocycles. The number of nitrogens with zero attached hydrogens (tertiary/aromatic N) is 1. The van der Waals surface area contributed by atoms with Crippen molar-refractivity contribution in [2.45, 2.75) is 20.4 Å². The van der Waals surface area contributed by atoms with E-state index in [0.29, 0.717) is 22.2 Å². The second-order valence-corrected chi connectivity index (χ2v) is 6.79. The number of thiocarbonyl (C=S) groups is 1. The summed E-state index contributed by atoms with van der Waals surface area (Å²) in [6, 6.07) is 11.4. The summed E-state index contributed by atoms with van der Waals surface area (Å²) in [5, 5.41) is 7.08. The number of aryl methyl sites for hydroxylation is 2. The normalized spacial score (nSPS) is 10.3. The zero-order valence-corrected chi connectivity index (χ0v) is 16.4. The van der Waals surface area contributed by atoms with Gasteiger partial charge in [-0.2, -0.15) is 0 Å². The topological polar surface area (TPSA) is 44.4 Å². The monoisotopic (exact) mass is 375 g/mol. The first-order valence-electron chi connectivity index (χ1n) is 7.91. The number of carbonyl (C=O) groups is 1. The maximum atomic E-state index is 11.6. The molecule has 6 heteroatoms. The average Bonchev–Trinajstić information content (AvgIpc) is 2.57. The number of halogens is 1. The van der Waals surface area contributed by atoms with Crippen molar-refractivity contribution in [3.05, 3.63) is 63.7 Å².